The summed E-state index contributed by atoms with van der Waals surface area (Å²) < 4.78 is 0. The molecule has 0 amide bonds. The van der Waals surface area contributed by atoms with Gasteiger partial charge in [-0.15, -0.1) is 0 Å². The molecule has 3 rings (SSSR count). The molecule has 1 heterocycles. The molecule has 0 aliphatic heterocycles. The normalized spacial score (nSPS) is 17.9. The molecule has 100 valence electrons. The van der Waals surface area contributed by atoms with Crippen LogP contribution in [0.2, 0.25) is 5.28 Å². The molecule has 1 aromatic heterocycles. The van der Waals surface area contributed by atoms with Crippen molar-refractivity contribution >= 4 is 17.2 Å². The second-order valence-electron chi connectivity index (χ2n) is 4.96. The Morgan fingerprint density at radius 2 is 1.85 bits per heavy atom. The molecule has 1 atom stereocenters. The molecule has 0 saturated carbocycles. The van der Waals surface area contributed by atoms with E-state index in [4.69, 9.17) is 11.6 Å². The van der Waals surface area contributed by atoms with Gasteiger partial charge < -0.3 is 0 Å². The second kappa shape index (κ2) is 5.59. The Hall–Kier alpha value is -1.93. The van der Waals surface area contributed by atoms with Crippen molar-refractivity contribution in [1.29, 1.82) is 0 Å². The summed E-state index contributed by atoms with van der Waals surface area (Å²) in [5.74, 6) is 0.453. The lowest BCUT2D eigenvalue weighted by atomic mass is 9.90. The van der Waals surface area contributed by atoms with Crippen molar-refractivity contribution in [3.63, 3.8) is 0 Å². The monoisotopic (exact) mass is 282 g/mol. The Bertz CT molecular complexity index is 675. The van der Waals surface area contributed by atoms with E-state index < -0.39 is 0 Å². The van der Waals surface area contributed by atoms with E-state index in [9.17, 15) is 0 Å². The first-order valence-corrected chi connectivity index (χ1v) is 7.09. The SMILES string of the molecule is CC1CC=CC=C1c1cc(-c2ccccc2)nc(Cl)n1. The van der Waals surface area contributed by atoms with E-state index in [0.717, 1.165) is 23.4 Å². The molecule has 1 aliphatic rings. The molecule has 1 aromatic carbocycles. The number of allylic oxidation sites excluding steroid dienone is 4. The minimum Gasteiger partial charge on any atom is -0.218 e. The summed E-state index contributed by atoms with van der Waals surface area (Å²) in [6, 6.07) is 12.1. The van der Waals surface area contributed by atoms with Crippen molar-refractivity contribution in [2.24, 2.45) is 5.92 Å². The van der Waals surface area contributed by atoms with Gasteiger partial charge in [-0.3, -0.25) is 0 Å². The van der Waals surface area contributed by atoms with Crippen LogP contribution in [0.4, 0.5) is 0 Å². The lowest BCUT2D eigenvalue weighted by Crippen LogP contribution is -2.04. The van der Waals surface area contributed by atoms with E-state index in [1.165, 1.54) is 5.57 Å². The average Bonchev–Trinajstić information content (AvgIpc) is 2.48. The molecule has 2 aromatic rings. The maximum absolute atomic E-state index is 6.10. The Balaban J connectivity index is 2.08. The molecule has 3 heteroatoms. The molecular weight excluding hydrogens is 268 g/mol. The number of nitrogens with zero attached hydrogens (tertiary/aromatic N) is 2. The fourth-order valence-corrected chi connectivity index (χ4v) is 2.59. The molecule has 0 bridgehead atoms. The summed E-state index contributed by atoms with van der Waals surface area (Å²) in [4.78, 5) is 8.72. The van der Waals surface area contributed by atoms with Crippen molar-refractivity contribution in [3.05, 3.63) is 65.6 Å². The van der Waals surface area contributed by atoms with Gasteiger partial charge in [-0.1, -0.05) is 55.5 Å². The first-order chi connectivity index (χ1) is 9.74. The molecule has 2 nitrogen and oxygen atoms in total. The highest BCUT2D eigenvalue weighted by Crippen LogP contribution is 2.30. The Morgan fingerprint density at radius 1 is 1.10 bits per heavy atom. The van der Waals surface area contributed by atoms with Gasteiger partial charge in [0.05, 0.1) is 11.4 Å². The van der Waals surface area contributed by atoms with E-state index in [1.54, 1.807) is 0 Å². The largest absolute Gasteiger partial charge is 0.223 e. The van der Waals surface area contributed by atoms with Gasteiger partial charge in [0.25, 0.3) is 0 Å². The van der Waals surface area contributed by atoms with Crippen LogP contribution in [0.1, 0.15) is 19.0 Å². The van der Waals surface area contributed by atoms with E-state index >= 15 is 0 Å². The first-order valence-electron chi connectivity index (χ1n) is 6.71. The third kappa shape index (κ3) is 2.66. The summed E-state index contributed by atoms with van der Waals surface area (Å²) in [5.41, 5.74) is 4.05. The Morgan fingerprint density at radius 3 is 2.60 bits per heavy atom. The molecule has 0 fully saturated rings. The predicted octanol–water partition coefficient (Wildman–Crippen LogP) is 4.78. The summed E-state index contributed by atoms with van der Waals surface area (Å²) in [7, 11) is 0. The fourth-order valence-electron chi connectivity index (χ4n) is 2.41. The van der Waals surface area contributed by atoms with Crippen LogP contribution in [0.15, 0.2) is 54.6 Å². The van der Waals surface area contributed by atoms with Crippen molar-refractivity contribution < 1.29 is 0 Å². The maximum atomic E-state index is 6.10. The maximum Gasteiger partial charge on any atom is 0.223 e. The fraction of sp³-hybridized carbons (Fsp3) is 0.176. The van der Waals surface area contributed by atoms with Gasteiger partial charge in [0.2, 0.25) is 5.28 Å². The highest BCUT2D eigenvalue weighted by Gasteiger charge is 2.15. The number of rotatable bonds is 2. The van der Waals surface area contributed by atoms with Gasteiger partial charge >= 0.3 is 0 Å². The summed E-state index contributed by atoms with van der Waals surface area (Å²) in [5, 5.41) is 0.295. The zero-order valence-corrected chi connectivity index (χ0v) is 12.0. The molecule has 20 heavy (non-hydrogen) atoms. The number of halogens is 1. The van der Waals surface area contributed by atoms with Gasteiger partial charge in [0, 0.05) is 5.56 Å². The minimum atomic E-state index is 0.295. The van der Waals surface area contributed by atoms with Crippen LogP contribution in [-0.2, 0) is 0 Å². The Labute approximate surface area is 123 Å². The van der Waals surface area contributed by atoms with Crippen LogP contribution < -0.4 is 0 Å². The third-order valence-corrected chi connectivity index (χ3v) is 3.67. The number of aromatic nitrogens is 2. The molecular formula is C17H15ClN2. The predicted molar refractivity (Wildman–Crippen MR) is 83.4 cm³/mol. The van der Waals surface area contributed by atoms with Crippen LogP contribution in [0, 0.1) is 5.92 Å². The molecule has 1 unspecified atom stereocenters. The highest BCUT2D eigenvalue weighted by atomic mass is 35.5. The van der Waals surface area contributed by atoms with E-state index in [2.05, 4.69) is 35.1 Å². The van der Waals surface area contributed by atoms with Gasteiger partial charge in [-0.2, -0.15) is 0 Å². The summed E-state index contributed by atoms with van der Waals surface area (Å²) in [6.07, 6.45) is 7.40. The van der Waals surface area contributed by atoms with Gasteiger partial charge in [0.15, 0.2) is 0 Å². The van der Waals surface area contributed by atoms with Crippen molar-refractivity contribution in [2.45, 2.75) is 13.3 Å². The standard InChI is InChI=1S/C17H15ClN2/c1-12-7-5-6-10-14(12)16-11-15(19-17(18)20-16)13-8-3-2-4-9-13/h2-6,8-12H,7H2,1H3. The zero-order valence-electron chi connectivity index (χ0n) is 11.3. The van der Waals surface area contributed by atoms with Crippen LogP contribution in [0.25, 0.3) is 16.8 Å². The van der Waals surface area contributed by atoms with Crippen molar-refractivity contribution in [2.75, 3.05) is 0 Å². The molecule has 1 aliphatic carbocycles. The van der Waals surface area contributed by atoms with E-state index in [-0.39, 0.29) is 0 Å². The van der Waals surface area contributed by atoms with E-state index in [1.807, 2.05) is 36.4 Å². The molecule has 0 radical (unpaired) electrons. The van der Waals surface area contributed by atoms with E-state index in [0.29, 0.717) is 11.2 Å². The Kier molecular flexibility index (Phi) is 3.66. The summed E-state index contributed by atoms with van der Waals surface area (Å²) in [6.45, 7) is 2.20. The third-order valence-electron chi connectivity index (χ3n) is 3.50. The average molecular weight is 283 g/mol. The van der Waals surface area contributed by atoms with Crippen molar-refractivity contribution in [3.8, 4) is 11.3 Å². The van der Waals surface area contributed by atoms with Gasteiger partial charge in [-0.25, -0.2) is 9.97 Å². The molecule has 0 spiro atoms. The minimum absolute atomic E-state index is 0.295. The van der Waals surface area contributed by atoms with Crippen LogP contribution in [-0.4, -0.2) is 9.97 Å². The van der Waals surface area contributed by atoms with Crippen LogP contribution >= 0.6 is 11.6 Å². The lowest BCUT2D eigenvalue weighted by Gasteiger charge is -2.17. The number of hydrogen-bond acceptors (Lipinski definition) is 2. The van der Waals surface area contributed by atoms with Gasteiger partial charge in [-0.05, 0) is 35.6 Å². The second-order valence-corrected chi connectivity index (χ2v) is 5.30. The topological polar surface area (TPSA) is 25.8 Å². The van der Waals surface area contributed by atoms with Crippen molar-refractivity contribution in [1.82, 2.24) is 9.97 Å². The smallest absolute Gasteiger partial charge is 0.218 e. The van der Waals surface area contributed by atoms with Crippen LogP contribution in [0.5, 0.6) is 0 Å². The van der Waals surface area contributed by atoms with Crippen LogP contribution in [0.3, 0.4) is 0 Å². The quantitative estimate of drug-likeness (QED) is 0.741. The lowest BCUT2D eigenvalue weighted by molar-refractivity contribution is 0.754. The first kappa shape index (κ1) is 13.1. The molecule has 0 saturated heterocycles. The highest BCUT2D eigenvalue weighted by molar-refractivity contribution is 6.28. The zero-order chi connectivity index (χ0) is 13.9. The number of benzene rings is 1. The summed E-state index contributed by atoms with van der Waals surface area (Å²) >= 11 is 6.10. The number of hydrogen-bond donors (Lipinski definition) is 0. The van der Waals surface area contributed by atoms with Gasteiger partial charge in [0.1, 0.15) is 0 Å². The molecule has 0 N–H and O–H groups in total.